The van der Waals surface area contributed by atoms with E-state index in [4.69, 9.17) is 0 Å². The highest BCUT2D eigenvalue weighted by molar-refractivity contribution is 14.0. The average molecular weight is 423 g/mol. The molecule has 0 heterocycles. The summed E-state index contributed by atoms with van der Waals surface area (Å²) in [4.78, 5) is 4.39. The molecule has 6 heteroatoms. The van der Waals surface area contributed by atoms with Crippen LogP contribution in [0.3, 0.4) is 0 Å². The van der Waals surface area contributed by atoms with Crippen molar-refractivity contribution in [3.8, 4) is 0 Å². The summed E-state index contributed by atoms with van der Waals surface area (Å²) < 4.78 is 12.9. The molecule has 0 spiro atoms. The van der Waals surface area contributed by atoms with Crippen LogP contribution in [0, 0.1) is 11.7 Å². The Labute approximate surface area is 149 Å². The number of hydrogen-bond donors (Lipinski definition) is 3. The summed E-state index contributed by atoms with van der Waals surface area (Å²) in [6, 6.07) is 6.11. The minimum atomic E-state index is -0.740. The fourth-order valence-electron chi connectivity index (χ4n) is 1.67. The van der Waals surface area contributed by atoms with Gasteiger partial charge in [0.2, 0.25) is 0 Å². The van der Waals surface area contributed by atoms with Gasteiger partial charge in [0.15, 0.2) is 5.96 Å². The zero-order valence-corrected chi connectivity index (χ0v) is 16.0. The molecule has 1 rings (SSSR count). The molecule has 0 aromatic heterocycles. The van der Waals surface area contributed by atoms with E-state index in [-0.39, 0.29) is 42.4 Å². The Morgan fingerprint density at radius 3 is 2.32 bits per heavy atom. The number of aliphatic hydroxyl groups excluding tert-OH is 1. The number of aliphatic hydroxyl groups is 1. The minimum absolute atomic E-state index is 0. The van der Waals surface area contributed by atoms with Gasteiger partial charge in [-0.1, -0.05) is 26.0 Å². The van der Waals surface area contributed by atoms with Gasteiger partial charge in [-0.05, 0) is 37.5 Å². The van der Waals surface area contributed by atoms with Crippen molar-refractivity contribution in [1.82, 2.24) is 10.6 Å². The van der Waals surface area contributed by atoms with Crippen LogP contribution in [-0.2, 0) is 0 Å². The second-order valence-corrected chi connectivity index (χ2v) is 5.46. The lowest BCUT2D eigenvalue weighted by molar-refractivity contribution is 0.187. The molecular weight excluding hydrogens is 396 g/mol. The zero-order chi connectivity index (χ0) is 15.8. The first-order valence-corrected chi connectivity index (χ1v) is 7.42. The summed E-state index contributed by atoms with van der Waals surface area (Å²) in [5.41, 5.74) is 0.660. The number of guanidine groups is 1. The van der Waals surface area contributed by atoms with E-state index in [1.165, 1.54) is 12.1 Å². The van der Waals surface area contributed by atoms with Gasteiger partial charge in [-0.3, -0.25) is 4.99 Å². The molecule has 0 amide bonds. The van der Waals surface area contributed by atoms with Gasteiger partial charge in [-0.2, -0.15) is 0 Å². The minimum Gasteiger partial charge on any atom is -0.386 e. The third-order valence-corrected chi connectivity index (χ3v) is 3.39. The van der Waals surface area contributed by atoms with E-state index in [2.05, 4.69) is 36.4 Å². The summed E-state index contributed by atoms with van der Waals surface area (Å²) >= 11 is 0. The first-order valence-electron chi connectivity index (χ1n) is 7.42. The molecule has 3 N–H and O–H groups in total. The van der Waals surface area contributed by atoms with Crippen molar-refractivity contribution in [3.63, 3.8) is 0 Å². The first kappa shape index (κ1) is 21.1. The van der Waals surface area contributed by atoms with Crippen LogP contribution in [-0.4, -0.2) is 30.2 Å². The molecule has 0 saturated carbocycles. The van der Waals surface area contributed by atoms with Gasteiger partial charge in [0.1, 0.15) is 5.82 Å². The van der Waals surface area contributed by atoms with Gasteiger partial charge in [-0.15, -0.1) is 24.0 Å². The van der Waals surface area contributed by atoms with Crippen molar-refractivity contribution < 1.29 is 9.50 Å². The fourth-order valence-corrected chi connectivity index (χ4v) is 1.67. The van der Waals surface area contributed by atoms with E-state index in [0.717, 1.165) is 6.54 Å². The van der Waals surface area contributed by atoms with Crippen LogP contribution in [0.15, 0.2) is 29.3 Å². The second-order valence-electron chi connectivity index (χ2n) is 5.46. The molecule has 0 bridgehead atoms. The third-order valence-electron chi connectivity index (χ3n) is 3.39. The maximum atomic E-state index is 12.9. The molecule has 0 aliphatic heterocycles. The normalized spacial score (nSPS) is 14.2. The molecule has 4 nitrogen and oxygen atoms in total. The predicted octanol–water partition coefficient (Wildman–Crippen LogP) is 3.08. The summed E-state index contributed by atoms with van der Waals surface area (Å²) in [6.45, 7) is 9.33. The van der Waals surface area contributed by atoms with Gasteiger partial charge in [0.05, 0.1) is 12.6 Å². The lowest BCUT2D eigenvalue weighted by Gasteiger charge is -2.21. The SMILES string of the molecule is CCNC(=NCC(O)c1ccc(F)cc1)NC(C)C(C)C.I. The molecule has 0 aliphatic rings. The van der Waals surface area contributed by atoms with Crippen LogP contribution < -0.4 is 10.6 Å². The molecule has 0 aliphatic carbocycles. The van der Waals surface area contributed by atoms with Gasteiger partial charge in [0, 0.05) is 12.6 Å². The zero-order valence-electron chi connectivity index (χ0n) is 13.6. The standard InChI is InChI=1S/C16H26FN3O.HI/c1-5-18-16(20-12(4)11(2)3)19-10-15(21)13-6-8-14(17)9-7-13;/h6-9,11-12,15,21H,5,10H2,1-4H3,(H2,18,19,20);1H. The maximum absolute atomic E-state index is 12.9. The van der Waals surface area contributed by atoms with Crippen LogP contribution in [0.2, 0.25) is 0 Å². The van der Waals surface area contributed by atoms with Crippen LogP contribution >= 0.6 is 24.0 Å². The Hall–Kier alpha value is -0.890. The van der Waals surface area contributed by atoms with Crippen LogP contribution in [0.1, 0.15) is 39.4 Å². The molecular formula is C16H27FIN3O. The predicted molar refractivity (Wildman–Crippen MR) is 100 cm³/mol. The molecule has 126 valence electrons. The summed E-state index contributed by atoms with van der Waals surface area (Å²) in [5, 5.41) is 16.5. The Bertz CT molecular complexity index is 451. The van der Waals surface area contributed by atoms with E-state index in [0.29, 0.717) is 17.4 Å². The molecule has 1 aromatic carbocycles. The highest BCUT2D eigenvalue weighted by atomic mass is 127. The summed E-state index contributed by atoms with van der Waals surface area (Å²) in [7, 11) is 0. The largest absolute Gasteiger partial charge is 0.386 e. The number of halogens is 2. The number of benzene rings is 1. The van der Waals surface area contributed by atoms with E-state index in [1.807, 2.05) is 6.92 Å². The Morgan fingerprint density at radius 1 is 1.23 bits per heavy atom. The maximum Gasteiger partial charge on any atom is 0.191 e. The third kappa shape index (κ3) is 7.40. The molecule has 2 atom stereocenters. The number of hydrogen-bond acceptors (Lipinski definition) is 2. The van der Waals surface area contributed by atoms with E-state index in [9.17, 15) is 9.50 Å². The quantitative estimate of drug-likeness (QED) is 0.375. The molecule has 0 saturated heterocycles. The topological polar surface area (TPSA) is 56.7 Å². The Balaban J connectivity index is 0.00000441. The van der Waals surface area contributed by atoms with Crippen LogP contribution in [0.4, 0.5) is 4.39 Å². The van der Waals surface area contributed by atoms with Crippen molar-refractivity contribution in [2.75, 3.05) is 13.1 Å². The van der Waals surface area contributed by atoms with E-state index < -0.39 is 6.10 Å². The molecule has 0 radical (unpaired) electrons. The number of rotatable bonds is 6. The summed E-state index contributed by atoms with van der Waals surface area (Å²) in [6.07, 6.45) is -0.740. The number of aliphatic imine (C=N–C) groups is 1. The highest BCUT2D eigenvalue weighted by Gasteiger charge is 2.11. The molecule has 1 aromatic rings. The number of nitrogens with zero attached hydrogens (tertiary/aromatic N) is 1. The molecule has 2 unspecified atom stereocenters. The van der Waals surface area contributed by atoms with Gasteiger partial charge in [-0.25, -0.2) is 4.39 Å². The monoisotopic (exact) mass is 423 g/mol. The molecule has 22 heavy (non-hydrogen) atoms. The average Bonchev–Trinajstić information content (AvgIpc) is 2.45. The van der Waals surface area contributed by atoms with E-state index >= 15 is 0 Å². The van der Waals surface area contributed by atoms with Crippen molar-refractivity contribution in [2.24, 2.45) is 10.9 Å². The van der Waals surface area contributed by atoms with Crippen LogP contribution in [0.5, 0.6) is 0 Å². The molecule has 0 fully saturated rings. The number of nitrogens with one attached hydrogen (secondary N) is 2. The smallest absolute Gasteiger partial charge is 0.191 e. The van der Waals surface area contributed by atoms with Gasteiger partial charge in [0.25, 0.3) is 0 Å². The Morgan fingerprint density at radius 2 is 1.82 bits per heavy atom. The van der Waals surface area contributed by atoms with Gasteiger partial charge >= 0.3 is 0 Å². The van der Waals surface area contributed by atoms with Crippen molar-refractivity contribution in [3.05, 3.63) is 35.6 Å². The van der Waals surface area contributed by atoms with Gasteiger partial charge < -0.3 is 15.7 Å². The summed E-state index contributed by atoms with van der Waals surface area (Å²) in [5.74, 6) is 0.853. The first-order chi connectivity index (χ1) is 9.93. The van der Waals surface area contributed by atoms with Crippen LogP contribution in [0.25, 0.3) is 0 Å². The Kier molecular flexibility index (Phi) is 10.3. The highest BCUT2D eigenvalue weighted by Crippen LogP contribution is 2.13. The van der Waals surface area contributed by atoms with Crippen molar-refractivity contribution in [1.29, 1.82) is 0 Å². The lowest BCUT2D eigenvalue weighted by atomic mass is 10.1. The van der Waals surface area contributed by atoms with Crippen molar-refractivity contribution in [2.45, 2.75) is 39.8 Å². The second kappa shape index (κ2) is 10.8. The van der Waals surface area contributed by atoms with E-state index in [1.54, 1.807) is 12.1 Å². The lowest BCUT2D eigenvalue weighted by Crippen LogP contribution is -2.44. The fraction of sp³-hybridized carbons (Fsp3) is 0.562. The van der Waals surface area contributed by atoms with Crippen molar-refractivity contribution >= 4 is 29.9 Å².